The average Bonchev–Trinajstić information content (AvgIpc) is 3.83. The van der Waals surface area contributed by atoms with Gasteiger partial charge in [-0.15, -0.1) is 30.0 Å². The molecule has 0 N–H and O–H groups in total. The average molecular weight is 1030 g/mol. The van der Waals surface area contributed by atoms with Gasteiger partial charge in [0.2, 0.25) is 0 Å². The molecule has 52 heavy (non-hydrogen) atoms. The summed E-state index contributed by atoms with van der Waals surface area (Å²) in [6.45, 7) is 1.97. The maximum Gasteiger partial charge on any atom is 4.00 e. The first kappa shape index (κ1) is 37.9. The van der Waals surface area contributed by atoms with Crippen LogP contribution in [-0.4, -0.2) is 21.5 Å². The minimum atomic E-state index is 0. The van der Waals surface area contributed by atoms with Crippen molar-refractivity contribution in [3.63, 3.8) is 0 Å². The molecular weight excluding hydrogens is 1000 g/mol. The summed E-state index contributed by atoms with van der Waals surface area (Å²) in [5.74, 6) is 1.17. The van der Waals surface area contributed by atoms with E-state index in [2.05, 4.69) is 41.4 Å². The van der Waals surface area contributed by atoms with Gasteiger partial charge in [-0.25, -0.2) is 23.2 Å². The summed E-state index contributed by atoms with van der Waals surface area (Å²) in [6, 6.07) is 62.0. The van der Waals surface area contributed by atoms with Gasteiger partial charge in [0, 0.05) is 26.8 Å². The molecule has 0 atom stereocenters. The quantitative estimate of drug-likeness (QED) is 0.118. The third-order valence-electron chi connectivity index (χ3n) is 7.80. The molecule has 0 amide bonds. The summed E-state index contributed by atoms with van der Waals surface area (Å²) >= 11 is 0. The topological polar surface area (TPSA) is 33.5 Å². The van der Waals surface area contributed by atoms with E-state index >= 15 is 0 Å². The number of hydrogen-bond donors (Lipinski definition) is 0. The molecule has 8 rings (SSSR count). The van der Waals surface area contributed by atoms with E-state index in [4.69, 9.17) is 11.2 Å². The first-order valence-electron chi connectivity index (χ1n) is 15.9. The Morgan fingerprint density at radius 3 is 2.00 bits per heavy atom. The van der Waals surface area contributed by atoms with Crippen molar-refractivity contribution in [3.8, 4) is 62.4 Å². The second kappa shape index (κ2) is 18.2. The molecule has 258 valence electrons. The predicted molar refractivity (Wildman–Crippen MR) is 197 cm³/mol. The van der Waals surface area contributed by atoms with E-state index in [9.17, 15) is 0 Å². The van der Waals surface area contributed by atoms with E-state index in [-0.39, 0.29) is 42.1 Å². The van der Waals surface area contributed by atoms with E-state index in [0.29, 0.717) is 22.8 Å². The molecule has 5 nitrogen and oxygen atoms in total. The SMILES string of the molecule is CN1C=CN(c2[c-]c(Oc3[c-]c(-c4[c-]c(-c5[c-]cccc5)ccn4)[c-]cc3)ccc2)[CH-]1.[C-]#Cn1c(-c2ccccc2)ccc1-c1ccccc1.[Pt+4].[Pt]. The molecule has 0 aliphatic carbocycles. The van der Waals surface area contributed by atoms with Crippen LogP contribution in [-0.2, 0) is 42.1 Å². The first-order valence-corrected chi connectivity index (χ1v) is 15.9. The monoisotopic (exact) mass is 1030 g/mol. The Morgan fingerprint density at radius 2 is 1.37 bits per heavy atom. The van der Waals surface area contributed by atoms with Gasteiger partial charge >= 0.3 is 21.1 Å². The predicted octanol–water partition coefficient (Wildman–Crippen LogP) is 9.76. The van der Waals surface area contributed by atoms with Crippen LogP contribution in [0.4, 0.5) is 5.69 Å². The number of anilines is 1. The molecule has 0 unspecified atom stereocenters. The zero-order chi connectivity index (χ0) is 34.1. The van der Waals surface area contributed by atoms with Crippen molar-refractivity contribution < 1.29 is 46.9 Å². The molecule has 7 aromatic rings. The molecule has 1 aliphatic heterocycles. The van der Waals surface area contributed by atoms with Gasteiger partial charge in [-0.3, -0.25) is 12.1 Å². The molecule has 0 saturated heterocycles. The largest absolute Gasteiger partial charge is 4.00 e. The fourth-order valence-electron chi connectivity index (χ4n) is 5.40. The van der Waals surface area contributed by atoms with Crippen LogP contribution in [0.25, 0.3) is 44.9 Å². The summed E-state index contributed by atoms with van der Waals surface area (Å²) in [6.07, 6.45) is 13.2. The number of aromatic nitrogens is 2. The number of benzene rings is 5. The Hall–Kier alpha value is -5.39. The van der Waals surface area contributed by atoms with Crippen molar-refractivity contribution in [3.05, 3.63) is 195 Å². The summed E-state index contributed by atoms with van der Waals surface area (Å²) in [5.41, 5.74) is 8.24. The van der Waals surface area contributed by atoms with Crippen LogP contribution in [0.15, 0.2) is 152 Å². The summed E-state index contributed by atoms with van der Waals surface area (Å²) in [5, 5.41) is 0. The molecule has 5 aromatic carbocycles. The molecule has 0 fully saturated rings. The van der Waals surface area contributed by atoms with Crippen LogP contribution < -0.4 is 9.64 Å². The Bertz CT molecular complexity index is 2210. The van der Waals surface area contributed by atoms with E-state index in [1.54, 1.807) is 16.8 Å². The number of pyridine rings is 1. The molecule has 7 heteroatoms. The van der Waals surface area contributed by atoms with Crippen molar-refractivity contribution in [2.45, 2.75) is 0 Å². The van der Waals surface area contributed by atoms with E-state index < -0.39 is 0 Å². The van der Waals surface area contributed by atoms with Crippen LogP contribution in [0.1, 0.15) is 0 Å². The second-order valence-electron chi connectivity index (χ2n) is 11.2. The van der Waals surface area contributed by atoms with Crippen LogP contribution in [0, 0.1) is 49.5 Å². The third-order valence-corrected chi connectivity index (χ3v) is 7.80. The fraction of sp³-hybridized carbons (Fsp3) is 0.0222. The van der Waals surface area contributed by atoms with Gasteiger partial charge in [-0.1, -0.05) is 66.4 Å². The van der Waals surface area contributed by atoms with Crippen LogP contribution in [0.2, 0.25) is 0 Å². The Morgan fingerprint density at radius 1 is 0.673 bits per heavy atom. The van der Waals surface area contributed by atoms with E-state index in [1.165, 1.54) is 0 Å². The Balaban J connectivity index is 0.000000215. The van der Waals surface area contributed by atoms with Gasteiger partial charge in [-0.05, 0) is 48.9 Å². The van der Waals surface area contributed by atoms with E-state index in [0.717, 1.165) is 39.3 Å². The van der Waals surface area contributed by atoms with Gasteiger partial charge in [0.15, 0.2) is 0 Å². The molecule has 1 aliphatic rings. The van der Waals surface area contributed by atoms with Crippen molar-refractivity contribution in [1.82, 2.24) is 14.5 Å². The fourth-order valence-corrected chi connectivity index (χ4v) is 5.40. The van der Waals surface area contributed by atoms with E-state index in [1.807, 2.05) is 163 Å². The Kier molecular flexibility index (Phi) is 13.3. The minimum Gasteiger partial charge on any atom is -0.669 e. The number of rotatable bonds is 7. The van der Waals surface area contributed by atoms with Crippen LogP contribution in [0.5, 0.6) is 11.5 Å². The number of ether oxygens (including phenoxy) is 1. The second-order valence-corrected chi connectivity index (χ2v) is 11.2. The zero-order valence-electron chi connectivity index (χ0n) is 27.8. The van der Waals surface area contributed by atoms with Crippen LogP contribution in [0.3, 0.4) is 0 Å². The van der Waals surface area contributed by atoms with Crippen molar-refractivity contribution in [1.29, 1.82) is 0 Å². The summed E-state index contributed by atoms with van der Waals surface area (Å²) in [4.78, 5) is 8.39. The Labute approximate surface area is 334 Å². The van der Waals surface area contributed by atoms with Gasteiger partial charge < -0.3 is 42.1 Å². The smallest absolute Gasteiger partial charge is 0.669 e. The maximum atomic E-state index is 7.55. The standard InChI is InChI=1S/C27H17N3O.C18H12N.2Pt/c1-29-15-16-30(20-29)24-10-6-12-26(19-24)31-25-11-5-9-23(17-25)27-18-22(13-14-28-27)21-7-3-2-4-8-21;1-2-19-17(15-9-5-3-6-10-15)13-14-18(19)16-11-7-4-8-12-16;;/h2-7,10-16,20H,1H3;3-14H;;/q-6;-1;;+4. The van der Waals surface area contributed by atoms with Gasteiger partial charge in [-0.2, -0.15) is 54.8 Å². The molecule has 0 saturated carbocycles. The van der Waals surface area contributed by atoms with Gasteiger partial charge in [0.05, 0.1) is 11.4 Å². The van der Waals surface area contributed by atoms with Crippen molar-refractivity contribution >= 4 is 5.69 Å². The summed E-state index contributed by atoms with van der Waals surface area (Å²) in [7, 11) is 1.98. The first-order chi connectivity index (χ1) is 24.6. The normalized spacial score (nSPS) is 11.4. The molecule has 0 spiro atoms. The molecule has 0 radical (unpaired) electrons. The molecular formula is C45H29N4OPt2-3. The maximum absolute atomic E-state index is 7.55. The van der Waals surface area contributed by atoms with Crippen molar-refractivity contribution in [2.24, 2.45) is 0 Å². The number of hydrogen-bond acceptors (Lipinski definition) is 4. The number of nitrogens with zero attached hydrogens (tertiary/aromatic N) is 4. The minimum absolute atomic E-state index is 0. The van der Waals surface area contributed by atoms with Gasteiger partial charge in [0.25, 0.3) is 0 Å². The van der Waals surface area contributed by atoms with Gasteiger partial charge in [0.1, 0.15) is 0 Å². The van der Waals surface area contributed by atoms with Crippen LogP contribution >= 0.6 is 0 Å². The zero-order valence-corrected chi connectivity index (χ0v) is 32.4. The molecule has 2 aromatic heterocycles. The summed E-state index contributed by atoms with van der Waals surface area (Å²) < 4.78 is 7.81. The van der Waals surface area contributed by atoms with Crippen molar-refractivity contribution in [2.75, 3.05) is 11.9 Å². The molecule has 0 bridgehead atoms. The third kappa shape index (κ3) is 9.09. The molecule has 3 heterocycles.